The van der Waals surface area contributed by atoms with Gasteiger partial charge in [-0.3, -0.25) is 19.3 Å². The Balaban J connectivity index is 1.27. The van der Waals surface area contributed by atoms with Crippen molar-refractivity contribution in [1.82, 2.24) is 9.88 Å². The van der Waals surface area contributed by atoms with E-state index in [0.717, 1.165) is 10.9 Å². The lowest BCUT2D eigenvalue weighted by molar-refractivity contribution is -0.118. The monoisotopic (exact) mass is 428 g/mol. The number of para-hydroxylation sites is 2. The van der Waals surface area contributed by atoms with Crippen LogP contribution < -0.4 is 10.2 Å². The van der Waals surface area contributed by atoms with Crippen LogP contribution >= 0.6 is 0 Å². The molecule has 5 rings (SSSR count). The Morgan fingerprint density at radius 3 is 2.72 bits per heavy atom. The number of rotatable bonds is 5. The second kappa shape index (κ2) is 7.75. The van der Waals surface area contributed by atoms with Gasteiger partial charge in [0.25, 0.3) is 5.91 Å². The second-order valence-corrected chi connectivity index (χ2v) is 8.46. The summed E-state index contributed by atoms with van der Waals surface area (Å²) in [5.74, 6) is 0.293. The molecule has 1 fully saturated rings. The summed E-state index contributed by atoms with van der Waals surface area (Å²) in [4.78, 5) is 46.4. The van der Waals surface area contributed by atoms with Gasteiger partial charge in [-0.05, 0) is 50.1 Å². The molecule has 0 bridgehead atoms. The Morgan fingerprint density at radius 1 is 1.06 bits per heavy atom. The molecule has 3 amide bonds. The molecule has 1 atom stereocenters. The van der Waals surface area contributed by atoms with E-state index in [1.54, 1.807) is 21.9 Å². The molecule has 7 nitrogen and oxygen atoms in total. The summed E-state index contributed by atoms with van der Waals surface area (Å²) in [5, 5.41) is 3.86. The van der Waals surface area contributed by atoms with Crippen LogP contribution in [0.1, 0.15) is 43.0 Å². The summed E-state index contributed by atoms with van der Waals surface area (Å²) in [5.41, 5.74) is 1.34. The average Bonchev–Trinajstić information content (AvgIpc) is 3.11. The van der Waals surface area contributed by atoms with Crippen LogP contribution in [0, 0.1) is 0 Å². The zero-order valence-corrected chi connectivity index (χ0v) is 17.9. The predicted molar refractivity (Wildman–Crippen MR) is 122 cm³/mol. The lowest BCUT2D eigenvalue weighted by Crippen LogP contribution is -2.62. The maximum atomic E-state index is 13.2. The van der Waals surface area contributed by atoms with Gasteiger partial charge in [-0.15, -0.1) is 0 Å². The molecule has 1 unspecified atom stereocenters. The van der Waals surface area contributed by atoms with Gasteiger partial charge in [0.2, 0.25) is 11.8 Å². The van der Waals surface area contributed by atoms with Crippen LogP contribution in [0.15, 0.2) is 60.7 Å². The number of nitrogens with zero attached hydrogens (tertiary/aromatic N) is 3. The molecule has 0 spiro atoms. The number of aromatic nitrogens is 1. The molecule has 3 aromatic rings. The first-order valence-electron chi connectivity index (χ1n) is 10.9. The highest BCUT2D eigenvalue weighted by Crippen LogP contribution is 2.44. The smallest absolute Gasteiger partial charge is 0.257 e. The van der Waals surface area contributed by atoms with Crippen LogP contribution in [0.3, 0.4) is 0 Å². The van der Waals surface area contributed by atoms with E-state index < -0.39 is 5.66 Å². The number of hydrogen-bond donors (Lipinski definition) is 1. The Hall–Kier alpha value is -3.74. The first-order chi connectivity index (χ1) is 15.5. The molecular formula is C25H24N4O3. The highest BCUT2D eigenvalue weighted by Gasteiger charge is 2.52. The standard InChI is InChI=1S/C25H24N4O3/c1-25-15-14-23(31)29(25)20-10-5-3-8-18(20)24(32)28(25)16-6-11-22(30)27-21-13-12-17-7-2-4-9-19(17)26-21/h2-5,7-10,12-13H,6,11,14-16H2,1H3,(H,26,27,30). The molecule has 2 aliphatic heterocycles. The van der Waals surface area contributed by atoms with E-state index >= 15 is 0 Å². The Kier molecular flexibility index (Phi) is 4.89. The highest BCUT2D eigenvalue weighted by atomic mass is 16.2. The number of amides is 3. The SMILES string of the molecule is CC12CCC(=O)N1c1ccccc1C(=O)N2CCCC(=O)Nc1ccc2ccccc2n1. The van der Waals surface area contributed by atoms with Gasteiger partial charge in [0.1, 0.15) is 11.5 Å². The van der Waals surface area contributed by atoms with E-state index in [2.05, 4.69) is 10.3 Å². The van der Waals surface area contributed by atoms with Gasteiger partial charge in [0, 0.05) is 24.8 Å². The number of carbonyl (C=O) groups excluding carboxylic acids is 3. The zero-order chi connectivity index (χ0) is 22.3. The Bertz CT molecular complexity index is 1240. The van der Waals surface area contributed by atoms with Crippen LogP contribution in [0.5, 0.6) is 0 Å². The van der Waals surface area contributed by atoms with Crippen LogP contribution in [-0.4, -0.2) is 39.8 Å². The van der Waals surface area contributed by atoms with Crippen molar-refractivity contribution in [3.63, 3.8) is 0 Å². The second-order valence-electron chi connectivity index (χ2n) is 8.46. The number of carbonyl (C=O) groups is 3. The van der Waals surface area contributed by atoms with Crippen molar-refractivity contribution >= 4 is 40.1 Å². The molecule has 0 saturated carbocycles. The Labute approximate surface area is 186 Å². The number of anilines is 2. The fourth-order valence-electron chi connectivity index (χ4n) is 4.78. The predicted octanol–water partition coefficient (Wildman–Crippen LogP) is 3.95. The summed E-state index contributed by atoms with van der Waals surface area (Å²) in [6.07, 6.45) is 1.73. The number of pyridine rings is 1. The van der Waals surface area contributed by atoms with Crippen molar-refractivity contribution in [2.45, 2.75) is 38.3 Å². The molecule has 162 valence electrons. The third-order valence-electron chi connectivity index (χ3n) is 6.40. The molecule has 2 aliphatic rings. The molecule has 1 aromatic heterocycles. The number of hydrogen-bond acceptors (Lipinski definition) is 4. The van der Waals surface area contributed by atoms with Crippen LogP contribution in [0.4, 0.5) is 11.5 Å². The van der Waals surface area contributed by atoms with Crippen LogP contribution in [0.2, 0.25) is 0 Å². The van der Waals surface area contributed by atoms with Gasteiger partial charge in [-0.25, -0.2) is 4.98 Å². The van der Waals surface area contributed by atoms with Crippen molar-refractivity contribution in [3.05, 3.63) is 66.2 Å². The molecule has 1 saturated heterocycles. The first kappa shape index (κ1) is 20.2. The van der Waals surface area contributed by atoms with Gasteiger partial charge in [0.05, 0.1) is 16.8 Å². The number of fused-ring (bicyclic) bond motifs is 4. The van der Waals surface area contributed by atoms with Crippen molar-refractivity contribution in [1.29, 1.82) is 0 Å². The lowest BCUT2D eigenvalue weighted by Gasteiger charge is -2.48. The quantitative estimate of drug-likeness (QED) is 0.667. The molecule has 0 radical (unpaired) electrons. The largest absolute Gasteiger partial charge is 0.315 e. The maximum absolute atomic E-state index is 13.2. The molecule has 0 aliphatic carbocycles. The third-order valence-corrected chi connectivity index (χ3v) is 6.40. The van der Waals surface area contributed by atoms with Crippen LogP contribution in [-0.2, 0) is 9.59 Å². The van der Waals surface area contributed by atoms with E-state index in [1.807, 2.05) is 55.5 Å². The zero-order valence-electron chi connectivity index (χ0n) is 17.9. The third kappa shape index (κ3) is 3.30. The van der Waals surface area contributed by atoms with Gasteiger partial charge in [-0.2, -0.15) is 0 Å². The minimum absolute atomic E-state index is 0.0255. The van der Waals surface area contributed by atoms with E-state index in [0.29, 0.717) is 42.9 Å². The summed E-state index contributed by atoms with van der Waals surface area (Å²) in [7, 11) is 0. The topological polar surface area (TPSA) is 82.6 Å². The number of benzene rings is 2. The fraction of sp³-hybridized carbons (Fsp3) is 0.280. The highest BCUT2D eigenvalue weighted by molar-refractivity contribution is 6.10. The van der Waals surface area contributed by atoms with E-state index in [4.69, 9.17) is 0 Å². The minimum Gasteiger partial charge on any atom is -0.315 e. The van der Waals surface area contributed by atoms with Gasteiger partial charge < -0.3 is 10.2 Å². The summed E-state index contributed by atoms with van der Waals surface area (Å²) >= 11 is 0. The molecular weight excluding hydrogens is 404 g/mol. The van der Waals surface area contributed by atoms with Crippen molar-refractivity contribution in [3.8, 4) is 0 Å². The molecule has 32 heavy (non-hydrogen) atoms. The lowest BCUT2D eigenvalue weighted by atomic mass is 9.98. The van der Waals surface area contributed by atoms with Crippen molar-refractivity contribution < 1.29 is 14.4 Å². The molecule has 2 aromatic carbocycles. The first-order valence-corrected chi connectivity index (χ1v) is 10.9. The minimum atomic E-state index is -0.696. The van der Waals surface area contributed by atoms with Crippen molar-refractivity contribution in [2.75, 3.05) is 16.8 Å². The molecule has 1 N–H and O–H groups in total. The maximum Gasteiger partial charge on any atom is 0.257 e. The number of nitrogens with one attached hydrogen (secondary N) is 1. The Morgan fingerprint density at radius 2 is 1.84 bits per heavy atom. The van der Waals surface area contributed by atoms with Crippen molar-refractivity contribution in [2.24, 2.45) is 0 Å². The van der Waals surface area contributed by atoms with E-state index in [1.165, 1.54) is 0 Å². The van der Waals surface area contributed by atoms with Gasteiger partial charge in [0.15, 0.2) is 0 Å². The average molecular weight is 428 g/mol. The summed E-state index contributed by atoms with van der Waals surface area (Å²) in [6, 6.07) is 18.7. The molecule has 3 heterocycles. The van der Waals surface area contributed by atoms with E-state index in [9.17, 15) is 14.4 Å². The van der Waals surface area contributed by atoms with Gasteiger partial charge >= 0.3 is 0 Å². The van der Waals surface area contributed by atoms with E-state index in [-0.39, 0.29) is 24.1 Å². The molecule has 7 heteroatoms. The summed E-state index contributed by atoms with van der Waals surface area (Å²) < 4.78 is 0. The van der Waals surface area contributed by atoms with Gasteiger partial charge in [-0.1, -0.05) is 30.3 Å². The fourth-order valence-corrected chi connectivity index (χ4v) is 4.78. The normalized spacial score (nSPS) is 19.8. The van der Waals surface area contributed by atoms with Crippen LogP contribution in [0.25, 0.3) is 10.9 Å². The summed E-state index contributed by atoms with van der Waals surface area (Å²) in [6.45, 7) is 2.33.